The number of halogens is 2. The molecular weight excluding hydrogens is 299 g/mol. The average Bonchev–Trinajstić information content (AvgIpc) is 2.32. The van der Waals surface area contributed by atoms with Crippen LogP contribution in [0.3, 0.4) is 0 Å². The minimum Gasteiger partial charge on any atom is -0.320 e. The third-order valence-electron chi connectivity index (χ3n) is 2.48. The Morgan fingerprint density at radius 2 is 2.17 bits per heavy atom. The number of hydrogen-bond acceptors (Lipinski definition) is 2. The van der Waals surface area contributed by atoms with Gasteiger partial charge in [0.05, 0.1) is 17.4 Å². The zero-order chi connectivity index (χ0) is 13.1. The van der Waals surface area contributed by atoms with Crippen molar-refractivity contribution in [1.29, 1.82) is 0 Å². The van der Waals surface area contributed by atoms with Gasteiger partial charge >= 0.3 is 0 Å². The van der Waals surface area contributed by atoms with Crippen molar-refractivity contribution in [2.24, 2.45) is 0 Å². The van der Waals surface area contributed by atoms with E-state index in [1.807, 2.05) is 6.92 Å². The smallest absolute Gasteiger partial charge is 0.259 e. The van der Waals surface area contributed by atoms with Crippen LogP contribution in [0.15, 0.2) is 41.1 Å². The van der Waals surface area contributed by atoms with Crippen molar-refractivity contribution >= 4 is 27.5 Å². The SMILES string of the molecule is Cc1ccncc1NC(=O)c1c(F)cccc1Br. The van der Waals surface area contributed by atoms with Gasteiger partial charge in [0.25, 0.3) is 5.91 Å². The molecule has 1 aromatic carbocycles. The average molecular weight is 309 g/mol. The molecule has 0 aliphatic heterocycles. The van der Waals surface area contributed by atoms with Gasteiger partial charge < -0.3 is 5.32 Å². The summed E-state index contributed by atoms with van der Waals surface area (Å²) in [5.74, 6) is -1.07. The predicted molar refractivity (Wildman–Crippen MR) is 71.0 cm³/mol. The van der Waals surface area contributed by atoms with Gasteiger partial charge in [0.15, 0.2) is 0 Å². The number of benzene rings is 1. The van der Waals surface area contributed by atoms with Crippen LogP contribution in [0.1, 0.15) is 15.9 Å². The van der Waals surface area contributed by atoms with E-state index < -0.39 is 11.7 Å². The molecule has 1 aromatic heterocycles. The largest absolute Gasteiger partial charge is 0.320 e. The molecule has 0 unspecified atom stereocenters. The first kappa shape index (κ1) is 12.7. The number of nitrogens with zero attached hydrogens (tertiary/aromatic N) is 1. The molecule has 0 bridgehead atoms. The first-order valence-electron chi connectivity index (χ1n) is 5.25. The minimum absolute atomic E-state index is 0.0132. The lowest BCUT2D eigenvalue weighted by molar-refractivity contribution is 0.102. The Morgan fingerprint density at radius 3 is 2.83 bits per heavy atom. The summed E-state index contributed by atoms with van der Waals surface area (Å²) in [6, 6.07) is 6.17. The molecule has 5 heteroatoms. The highest BCUT2D eigenvalue weighted by Crippen LogP contribution is 2.21. The third-order valence-corrected chi connectivity index (χ3v) is 3.14. The first-order valence-corrected chi connectivity index (χ1v) is 6.05. The number of carbonyl (C=O) groups is 1. The molecule has 0 spiro atoms. The van der Waals surface area contributed by atoms with Gasteiger partial charge in [-0.1, -0.05) is 6.07 Å². The Labute approximate surface area is 112 Å². The number of aryl methyl sites for hydroxylation is 1. The maximum atomic E-state index is 13.6. The van der Waals surface area contributed by atoms with Crippen LogP contribution in [0.4, 0.5) is 10.1 Å². The molecule has 1 heterocycles. The van der Waals surface area contributed by atoms with Crippen molar-refractivity contribution in [3.8, 4) is 0 Å². The van der Waals surface area contributed by atoms with Crippen LogP contribution >= 0.6 is 15.9 Å². The van der Waals surface area contributed by atoms with E-state index in [1.165, 1.54) is 18.3 Å². The van der Waals surface area contributed by atoms with Crippen LogP contribution in [0.5, 0.6) is 0 Å². The Morgan fingerprint density at radius 1 is 1.39 bits per heavy atom. The molecule has 0 radical (unpaired) electrons. The van der Waals surface area contributed by atoms with Gasteiger partial charge in [-0.15, -0.1) is 0 Å². The Balaban J connectivity index is 2.31. The zero-order valence-electron chi connectivity index (χ0n) is 9.58. The van der Waals surface area contributed by atoms with Crippen molar-refractivity contribution in [3.63, 3.8) is 0 Å². The third kappa shape index (κ3) is 2.56. The number of amides is 1. The Hall–Kier alpha value is -1.75. The van der Waals surface area contributed by atoms with Crippen LogP contribution in [0.25, 0.3) is 0 Å². The highest BCUT2D eigenvalue weighted by molar-refractivity contribution is 9.10. The number of aromatic nitrogens is 1. The lowest BCUT2D eigenvalue weighted by Crippen LogP contribution is -2.15. The monoisotopic (exact) mass is 308 g/mol. The summed E-state index contributed by atoms with van der Waals surface area (Å²) in [7, 11) is 0. The quantitative estimate of drug-likeness (QED) is 0.922. The van der Waals surface area contributed by atoms with E-state index in [2.05, 4.69) is 26.2 Å². The topological polar surface area (TPSA) is 42.0 Å². The number of carbonyl (C=O) groups excluding carboxylic acids is 1. The molecule has 2 rings (SSSR count). The van der Waals surface area contributed by atoms with Gasteiger partial charge in [-0.3, -0.25) is 9.78 Å². The predicted octanol–water partition coefficient (Wildman–Crippen LogP) is 3.54. The molecule has 3 nitrogen and oxygen atoms in total. The number of nitrogens with one attached hydrogen (secondary N) is 1. The maximum Gasteiger partial charge on any atom is 0.259 e. The summed E-state index contributed by atoms with van der Waals surface area (Å²) in [5.41, 5.74) is 1.42. The first-order chi connectivity index (χ1) is 8.59. The highest BCUT2D eigenvalue weighted by atomic mass is 79.9. The number of hydrogen-bond donors (Lipinski definition) is 1. The van der Waals surface area contributed by atoms with E-state index in [9.17, 15) is 9.18 Å². The van der Waals surface area contributed by atoms with E-state index in [-0.39, 0.29) is 5.56 Å². The summed E-state index contributed by atoms with van der Waals surface area (Å²) in [4.78, 5) is 15.9. The molecule has 0 aliphatic carbocycles. The number of rotatable bonds is 2. The molecule has 0 atom stereocenters. The summed E-state index contributed by atoms with van der Waals surface area (Å²) in [6.45, 7) is 1.84. The molecule has 92 valence electrons. The van der Waals surface area contributed by atoms with Gasteiger partial charge in [0.1, 0.15) is 5.82 Å². The van der Waals surface area contributed by atoms with Crippen LogP contribution in [0, 0.1) is 12.7 Å². The fourth-order valence-electron chi connectivity index (χ4n) is 1.49. The van der Waals surface area contributed by atoms with Crippen molar-refractivity contribution in [2.75, 3.05) is 5.32 Å². The second-order valence-corrected chi connectivity index (χ2v) is 4.60. The number of pyridine rings is 1. The van der Waals surface area contributed by atoms with Gasteiger partial charge in [-0.25, -0.2) is 4.39 Å². The van der Waals surface area contributed by atoms with E-state index in [0.29, 0.717) is 10.2 Å². The van der Waals surface area contributed by atoms with E-state index >= 15 is 0 Å². The van der Waals surface area contributed by atoms with Crippen LogP contribution in [0.2, 0.25) is 0 Å². The Bertz CT molecular complexity index is 581. The van der Waals surface area contributed by atoms with Crippen molar-refractivity contribution in [3.05, 3.63) is 58.1 Å². The standard InChI is InChI=1S/C13H10BrFN2O/c1-8-5-6-16-7-11(8)17-13(18)12-9(14)3-2-4-10(12)15/h2-7H,1H3,(H,17,18). The van der Waals surface area contributed by atoms with E-state index in [1.54, 1.807) is 18.3 Å². The highest BCUT2D eigenvalue weighted by Gasteiger charge is 2.16. The van der Waals surface area contributed by atoms with Gasteiger partial charge in [-0.2, -0.15) is 0 Å². The second-order valence-electron chi connectivity index (χ2n) is 3.74. The summed E-state index contributed by atoms with van der Waals surface area (Å²) in [5, 5.41) is 2.64. The van der Waals surface area contributed by atoms with Crippen LogP contribution in [-0.2, 0) is 0 Å². The fraction of sp³-hybridized carbons (Fsp3) is 0.0769. The molecule has 0 saturated carbocycles. The Kier molecular flexibility index (Phi) is 3.72. The molecule has 2 aromatic rings. The lowest BCUT2D eigenvalue weighted by Gasteiger charge is -2.09. The molecule has 0 fully saturated rings. The summed E-state index contributed by atoms with van der Waals surface area (Å²) in [6.07, 6.45) is 3.16. The molecule has 0 saturated heterocycles. The molecule has 1 amide bonds. The lowest BCUT2D eigenvalue weighted by atomic mass is 10.2. The van der Waals surface area contributed by atoms with E-state index in [0.717, 1.165) is 5.56 Å². The summed E-state index contributed by atoms with van der Waals surface area (Å²) < 4.78 is 14.0. The molecule has 18 heavy (non-hydrogen) atoms. The van der Waals surface area contributed by atoms with Gasteiger partial charge in [0, 0.05) is 10.7 Å². The normalized spacial score (nSPS) is 10.2. The number of anilines is 1. The van der Waals surface area contributed by atoms with E-state index in [4.69, 9.17) is 0 Å². The van der Waals surface area contributed by atoms with Gasteiger partial charge in [-0.05, 0) is 46.6 Å². The zero-order valence-corrected chi connectivity index (χ0v) is 11.2. The maximum absolute atomic E-state index is 13.6. The van der Waals surface area contributed by atoms with Crippen LogP contribution in [-0.4, -0.2) is 10.9 Å². The molecule has 0 aliphatic rings. The summed E-state index contributed by atoms with van der Waals surface area (Å²) >= 11 is 3.16. The van der Waals surface area contributed by atoms with Gasteiger partial charge in [0.2, 0.25) is 0 Å². The van der Waals surface area contributed by atoms with Crippen molar-refractivity contribution in [2.45, 2.75) is 6.92 Å². The fourth-order valence-corrected chi connectivity index (χ4v) is 2.02. The van der Waals surface area contributed by atoms with Crippen LogP contribution < -0.4 is 5.32 Å². The molecular formula is C13H10BrFN2O. The molecule has 1 N–H and O–H groups in total. The van der Waals surface area contributed by atoms with Crippen molar-refractivity contribution < 1.29 is 9.18 Å². The second kappa shape index (κ2) is 5.27. The minimum atomic E-state index is -0.566. The van der Waals surface area contributed by atoms with Crippen molar-refractivity contribution in [1.82, 2.24) is 4.98 Å².